The molecule has 0 aliphatic carbocycles. The number of carboxylic acids is 1. The van der Waals surface area contributed by atoms with Crippen molar-refractivity contribution < 1.29 is 9.90 Å². The first-order valence-corrected chi connectivity index (χ1v) is 7.29. The van der Waals surface area contributed by atoms with E-state index in [9.17, 15) is 4.79 Å². The summed E-state index contributed by atoms with van der Waals surface area (Å²) in [6.07, 6.45) is 19.4. The van der Waals surface area contributed by atoms with Gasteiger partial charge in [-0.15, -0.1) is 0 Å². The van der Waals surface area contributed by atoms with Gasteiger partial charge < -0.3 is 5.11 Å². The van der Waals surface area contributed by atoms with Crippen LogP contribution in [-0.4, -0.2) is 11.1 Å². The second-order valence-corrected chi connectivity index (χ2v) is 4.67. The van der Waals surface area contributed by atoms with E-state index in [-0.39, 0.29) is 6.42 Å². The highest BCUT2D eigenvalue weighted by molar-refractivity contribution is 5.66. The molecule has 1 N–H and O–H groups in total. The third-order valence-corrected chi connectivity index (χ3v) is 2.84. The number of allylic oxidation sites excluding steroid dienone is 4. The van der Waals surface area contributed by atoms with Gasteiger partial charge >= 0.3 is 5.97 Å². The van der Waals surface area contributed by atoms with Gasteiger partial charge in [0.15, 0.2) is 0 Å². The number of hydrogen-bond donors (Lipinski definition) is 1. The predicted molar refractivity (Wildman–Crippen MR) is 77.8 cm³/mol. The molecule has 0 bridgehead atoms. The zero-order chi connectivity index (χ0) is 13.5. The third kappa shape index (κ3) is 14.9. The third-order valence-electron chi connectivity index (χ3n) is 2.84. The highest BCUT2D eigenvalue weighted by Crippen LogP contribution is 2.05. The molecule has 0 aromatic rings. The summed E-state index contributed by atoms with van der Waals surface area (Å²) in [5.74, 6) is -0.702. The maximum absolute atomic E-state index is 10.3. The summed E-state index contributed by atoms with van der Waals surface area (Å²) in [5.41, 5.74) is 0. The molecule has 0 amide bonds. The molecule has 0 heterocycles. The van der Waals surface area contributed by atoms with Crippen LogP contribution in [0.5, 0.6) is 0 Å². The van der Waals surface area contributed by atoms with E-state index in [4.69, 9.17) is 5.11 Å². The van der Waals surface area contributed by atoms with Crippen molar-refractivity contribution in [2.75, 3.05) is 0 Å². The minimum absolute atomic E-state index is 0.276. The molecule has 0 saturated heterocycles. The molecule has 0 aromatic carbocycles. The molecule has 0 aliphatic rings. The summed E-state index contributed by atoms with van der Waals surface area (Å²) in [6, 6.07) is 0. The van der Waals surface area contributed by atoms with Crippen LogP contribution in [0.25, 0.3) is 0 Å². The van der Waals surface area contributed by atoms with E-state index in [1.165, 1.54) is 38.5 Å². The number of carboxylic acid groups (broad SMARTS) is 1. The van der Waals surface area contributed by atoms with Crippen LogP contribution in [0.2, 0.25) is 0 Å². The van der Waals surface area contributed by atoms with Gasteiger partial charge in [0.25, 0.3) is 0 Å². The Bertz CT molecular complexity index is 241. The monoisotopic (exact) mass is 252 g/mol. The fraction of sp³-hybridized carbons (Fsp3) is 0.688. The highest BCUT2D eigenvalue weighted by atomic mass is 16.4. The zero-order valence-electron chi connectivity index (χ0n) is 11.7. The second-order valence-electron chi connectivity index (χ2n) is 4.67. The first-order valence-electron chi connectivity index (χ1n) is 7.29. The lowest BCUT2D eigenvalue weighted by atomic mass is 10.1. The SMILES string of the molecule is CCCCCCCC=CCC=CCCCC(=O)O. The smallest absolute Gasteiger partial charge is 0.303 e. The Kier molecular flexibility index (Phi) is 13.2. The summed E-state index contributed by atoms with van der Waals surface area (Å²) >= 11 is 0. The van der Waals surface area contributed by atoms with Crippen LogP contribution in [-0.2, 0) is 4.79 Å². The first-order chi connectivity index (χ1) is 8.77. The minimum Gasteiger partial charge on any atom is -0.481 e. The molecule has 0 aromatic heterocycles. The average molecular weight is 252 g/mol. The molecular weight excluding hydrogens is 224 g/mol. The zero-order valence-corrected chi connectivity index (χ0v) is 11.7. The first kappa shape index (κ1) is 16.9. The molecule has 18 heavy (non-hydrogen) atoms. The van der Waals surface area contributed by atoms with Gasteiger partial charge in [0, 0.05) is 6.42 Å². The number of aliphatic carboxylic acids is 1. The Morgan fingerprint density at radius 2 is 1.50 bits per heavy atom. The topological polar surface area (TPSA) is 37.3 Å². The number of rotatable bonds is 12. The molecule has 0 radical (unpaired) electrons. The summed E-state index contributed by atoms with van der Waals surface area (Å²) < 4.78 is 0. The van der Waals surface area contributed by atoms with E-state index >= 15 is 0 Å². The van der Waals surface area contributed by atoms with Crippen molar-refractivity contribution in [1.82, 2.24) is 0 Å². The van der Waals surface area contributed by atoms with Crippen LogP contribution in [0, 0.1) is 0 Å². The Labute approximate surface area is 112 Å². The van der Waals surface area contributed by atoms with Crippen LogP contribution in [0.3, 0.4) is 0 Å². The molecule has 0 spiro atoms. The van der Waals surface area contributed by atoms with E-state index in [1.807, 2.05) is 0 Å². The molecular formula is C16H28O2. The van der Waals surface area contributed by atoms with E-state index < -0.39 is 5.97 Å². The standard InChI is InChI=1S/C16H28O2/c1-2-3-4-5-6-7-8-9-10-11-12-13-14-15-16(17)18/h8-9,11-12H,2-7,10,13-15H2,1H3,(H,17,18). The number of hydrogen-bond acceptors (Lipinski definition) is 1. The predicted octanol–water partition coefficient (Wildman–Crippen LogP) is 5.10. The van der Waals surface area contributed by atoms with Crippen molar-refractivity contribution >= 4 is 5.97 Å². The van der Waals surface area contributed by atoms with Crippen LogP contribution >= 0.6 is 0 Å². The Morgan fingerprint density at radius 3 is 2.11 bits per heavy atom. The highest BCUT2D eigenvalue weighted by Gasteiger charge is 1.92. The fourth-order valence-electron chi connectivity index (χ4n) is 1.74. The van der Waals surface area contributed by atoms with E-state index in [1.54, 1.807) is 0 Å². The van der Waals surface area contributed by atoms with Crippen LogP contribution in [0.1, 0.15) is 71.1 Å². The van der Waals surface area contributed by atoms with Gasteiger partial charge in [-0.2, -0.15) is 0 Å². The van der Waals surface area contributed by atoms with Gasteiger partial charge in [0.2, 0.25) is 0 Å². The van der Waals surface area contributed by atoms with Crippen molar-refractivity contribution in [3.05, 3.63) is 24.3 Å². The van der Waals surface area contributed by atoms with Gasteiger partial charge in [-0.3, -0.25) is 4.79 Å². The van der Waals surface area contributed by atoms with Gasteiger partial charge in [-0.1, -0.05) is 56.9 Å². The van der Waals surface area contributed by atoms with Crippen molar-refractivity contribution in [2.45, 2.75) is 71.1 Å². The normalized spacial score (nSPS) is 11.6. The average Bonchev–Trinajstić information content (AvgIpc) is 2.34. The van der Waals surface area contributed by atoms with Crippen molar-refractivity contribution in [2.24, 2.45) is 0 Å². The summed E-state index contributed by atoms with van der Waals surface area (Å²) in [4.78, 5) is 10.3. The summed E-state index contributed by atoms with van der Waals surface area (Å²) in [6.45, 7) is 2.24. The summed E-state index contributed by atoms with van der Waals surface area (Å²) in [7, 11) is 0. The molecule has 0 unspecified atom stereocenters. The van der Waals surface area contributed by atoms with Gasteiger partial charge in [-0.05, 0) is 32.1 Å². The van der Waals surface area contributed by atoms with Gasteiger partial charge in [0.1, 0.15) is 0 Å². The maximum Gasteiger partial charge on any atom is 0.303 e. The molecule has 0 atom stereocenters. The van der Waals surface area contributed by atoms with E-state index in [0.717, 1.165) is 19.3 Å². The van der Waals surface area contributed by atoms with Crippen LogP contribution < -0.4 is 0 Å². The second kappa shape index (κ2) is 14.0. The Balaban J connectivity index is 3.21. The molecule has 0 aliphatic heterocycles. The number of unbranched alkanes of at least 4 members (excludes halogenated alkanes) is 6. The molecule has 0 rings (SSSR count). The Morgan fingerprint density at radius 1 is 0.889 bits per heavy atom. The quantitative estimate of drug-likeness (QED) is 0.387. The lowest BCUT2D eigenvalue weighted by Gasteiger charge is -1.95. The summed E-state index contributed by atoms with van der Waals surface area (Å²) in [5, 5.41) is 8.46. The lowest BCUT2D eigenvalue weighted by Crippen LogP contribution is -1.92. The van der Waals surface area contributed by atoms with Crippen molar-refractivity contribution in [3.63, 3.8) is 0 Å². The van der Waals surface area contributed by atoms with E-state index in [0.29, 0.717) is 0 Å². The maximum atomic E-state index is 10.3. The Hall–Kier alpha value is -1.05. The fourth-order valence-corrected chi connectivity index (χ4v) is 1.74. The molecule has 2 heteroatoms. The van der Waals surface area contributed by atoms with E-state index in [2.05, 4.69) is 31.2 Å². The van der Waals surface area contributed by atoms with Crippen LogP contribution in [0.15, 0.2) is 24.3 Å². The molecule has 104 valence electrons. The van der Waals surface area contributed by atoms with Crippen molar-refractivity contribution in [1.29, 1.82) is 0 Å². The number of carbonyl (C=O) groups is 1. The minimum atomic E-state index is -0.702. The van der Waals surface area contributed by atoms with Crippen molar-refractivity contribution in [3.8, 4) is 0 Å². The van der Waals surface area contributed by atoms with Crippen LogP contribution in [0.4, 0.5) is 0 Å². The molecule has 0 fully saturated rings. The largest absolute Gasteiger partial charge is 0.481 e. The van der Waals surface area contributed by atoms with Gasteiger partial charge in [-0.25, -0.2) is 0 Å². The van der Waals surface area contributed by atoms with Gasteiger partial charge in [0.05, 0.1) is 0 Å². The molecule has 2 nitrogen and oxygen atoms in total. The molecule has 0 saturated carbocycles. The lowest BCUT2D eigenvalue weighted by molar-refractivity contribution is -0.137.